The number of aromatic nitrogens is 2. The average Bonchev–Trinajstić information content (AvgIpc) is 3.03. The van der Waals surface area contributed by atoms with Crippen molar-refractivity contribution in [3.8, 4) is 5.75 Å². The Morgan fingerprint density at radius 2 is 1.92 bits per heavy atom. The minimum absolute atomic E-state index is 0.0483. The molecule has 2 aromatic heterocycles. The molecule has 2 heterocycles. The number of aromatic hydroxyl groups is 1. The molecular formula is C19H19N3O3. The number of carbonyl (C=O) groups is 2. The van der Waals surface area contributed by atoms with E-state index in [4.69, 9.17) is 0 Å². The van der Waals surface area contributed by atoms with Gasteiger partial charge in [-0.3, -0.25) is 9.59 Å². The summed E-state index contributed by atoms with van der Waals surface area (Å²) in [7, 11) is 0. The van der Waals surface area contributed by atoms with E-state index in [9.17, 15) is 14.7 Å². The van der Waals surface area contributed by atoms with Gasteiger partial charge in [-0.05, 0) is 19.1 Å². The lowest BCUT2D eigenvalue weighted by molar-refractivity contribution is -0.121. The van der Waals surface area contributed by atoms with E-state index in [0.717, 1.165) is 5.56 Å². The first-order valence-corrected chi connectivity index (χ1v) is 8.05. The molecule has 25 heavy (non-hydrogen) atoms. The minimum Gasteiger partial charge on any atom is -0.504 e. The van der Waals surface area contributed by atoms with Crippen LogP contribution in [-0.2, 0) is 11.3 Å². The lowest BCUT2D eigenvalue weighted by Crippen LogP contribution is -2.23. The number of imidazole rings is 1. The molecule has 1 aromatic carbocycles. The molecule has 0 aliphatic carbocycles. The van der Waals surface area contributed by atoms with E-state index in [-0.39, 0.29) is 36.8 Å². The van der Waals surface area contributed by atoms with Crippen LogP contribution in [0.2, 0.25) is 0 Å². The van der Waals surface area contributed by atoms with Gasteiger partial charge < -0.3 is 14.8 Å². The quantitative estimate of drug-likeness (QED) is 0.677. The molecular weight excluding hydrogens is 318 g/mol. The fourth-order valence-corrected chi connectivity index (χ4v) is 2.52. The molecule has 128 valence electrons. The number of nitrogens with zero attached hydrogens (tertiary/aromatic N) is 2. The third-order valence-electron chi connectivity index (χ3n) is 3.93. The van der Waals surface area contributed by atoms with Crippen LogP contribution in [0.5, 0.6) is 5.75 Å². The molecule has 2 N–H and O–H groups in total. The predicted octanol–water partition coefficient (Wildman–Crippen LogP) is 2.63. The first-order valence-electron chi connectivity index (χ1n) is 8.05. The normalized spacial score (nSPS) is 10.8. The molecule has 0 aliphatic heterocycles. The van der Waals surface area contributed by atoms with Gasteiger partial charge in [0.2, 0.25) is 5.91 Å². The highest BCUT2D eigenvalue weighted by molar-refractivity contribution is 5.97. The molecule has 0 saturated carbocycles. The van der Waals surface area contributed by atoms with Crippen molar-refractivity contribution in [1.29, 1.82) is 0 Å². The molecule has 0 aliphatic rings. The number of rotatable bonds is 6. The van der Waals surface area contributed by atoms with Gasteiger partial charge in [0.15, 0.2) is 17.2 Å². The molecule has 0 unspecified atom stereocenters. The molecule has 0 fully saturated rings. The summed E-state index contributed by atoms with van der Waals surface area (Å²) in [4.78, 5) is 28.3. The first-order chi connectivity index (χ1) is 12.0. The van der Waals surface area contributed by atoms with Crippen LogP contribution in [0.25, 0.3) is 5.65 Å². The third kappa shape index (κ3) is 4.03. The van der Waals surface area contributed by atoms with Crippen LogP contribution in [0.3, 0.4) is 0 Å². The van der Waals surface area contributed by atoms with Gasteiger partial charge in [-0.15, -0.1) is 0 Å². The average molecular weight is 337 g/mol. The van der Waals surface area contributed by atoms with Gasteiger partial charge in [0.25, 0.3) is 0 Å². The first kappa shape index (κ1) is 16.7. The second-order valence-corrected chi connectivity index (χ2v) is 5.92. The maximum Gasteiger partial charge on any atom is 0.220 e. The molecule has 0 radical (unpaired) electrons. The number of carbonyl (C=O) groups excluding carboxylic acids is 2. The number of hydrogen-bond acceptors (Lipinski definition) is 4. The van der Waals surface area contributed by atoms with E-state index < -0.39 is 0 Å². The van der Waals surface area contributed by atoms with Crippen molar-refractivity contribution in [2.45, 2.75) is 26.3 Å². The Kier molecular flexibility index (Phi) is 4.79. The zero-order chi connectivity index (χ0) is 17.8. The number of aryl methyl sites for hydroxylation is 1. The summed E-state index contributed by atoms with van der Waals surface area (Å²) >= 11 is 0. The van der Waals surface area contributed by atoms with E-state index in [1.165, 1.54) is 0 Å². The van der Waals surface area contributed by atoms with E-state index >= 15 is 0 Å². The van der Waals surface area contributed by atoms with Crippen molar-refractivity contribution in [3.63, 3.8) is 0 Å². The number of Topliss-reactive ketones (excluding diaryl/α,β-unsaturated/α-hetero) is 1. The zero-order valence-electron chi connectivity index (χ0n) is 13.9. The Labute approximate surface area is 145 Å². The maximum atomic E-state index is 12.1. The lowest BCUT2D eigenvalue weighted by Gasteiger charge is -2.03. The van der Waals surface area contributed by atoms with Gasteiger partial charge in [-0.2, -0.15) is 0 Å². The summed E-state index contributed by atoms with van der Waals surface area (Å²) in [5, 5.41) is 12.5. The lowest BCUT2D eigenvalue weighted by atomic mass is 10.1. The van der Waals surface area contributed by atoms with Crippen LogP contribution >= 0.6 is 0 Å². The van der Waals surface area contributed by atoms with Crippen molar-refractivity contribution in [3.05, 3.63) is 65.6 Å². The molecule has 1 amide bonds. The fourth-order valence-electron chi connectivity index (χ4n) is 2.52. The maximum absolute atomic E-state index is 12.1. The smallest absolute Gasteiger partial charge is 0.220 e. The van der Waals surface area contributed by atoms with Crippen molar-refractivity contribution >= 4 is 17.3 Å². The van der Waals surface area contributed by atoms with Gasteiger partial charge in [0.05, 0.1) is 12.2 Å². The monoisotopic (exact) mass is 337 g/mol. The molecule has 0 saturated heterocycles. The van der Waals surface area contributed by atoms with Crippen LogP contribution in [0.1, 0.15) is 34.5 Å². The summed E-state index contributed by atoms with van der Waals surface area (Å²) in [5.41, 5.74) is 2.79. The molecule has 0 bridgehead atoms. The van der Waals surface area contributed by atoms with Crippen molar-refractivity contribution in [2.24, 2.45) is 0 Å². The van der Waals surface area contributed by atoms with E-state index in [2.05, 4.69) is 10.3 Å². The van der Waals surface area contributed by atoms with E-state index in [1.807, 2.05) is 19.1 Å². The minimum atomic E-state index is -0.207. The highest BCUT2D eigenvalue weighted by atomic mass is 16.3. The van der Waals surface area contributed by atoms with Crippen LogP contribution in [0.4, 0.5) is 0 Å². The fraction of sp³-hybridized carbons (Fsp3) is 0.211. The number of ketones is 1. The molecule has 3 aromatic rings. The number of nitrogens with one attached hydrogen (secondary N) is 1. The van der Waals surface area contributed by atoms with Gasteiger partial charge in [0.1, 0.15) is 0 Å². The number of benzene rings is 1. The second kappa shape index (κ2) is 7.17. The van der Waals surface area contributed by atoms with Crippen molar-refractivity contribution in [1.82, 2.24) is 14.7 Å². The summed E-state index contributed by atoms with van der Waals surface area (Å²) in [6.45, 7) is 2.21. The Morgan fingerprint density at radius 1 is 1.16 bits per heavy atom. The van der Waals surface area contributed by atoms with E-state index in [1.54, 1.807) is 41.1 Å². The summed E-state index contributed by atoms with van der Waals surface area (Å²) in [5.74, 6) is -0.168. The number of pyridine rings is 1. The van der Waals surface area contributed by atoms with Crippen LogP contribution < -0.4 is 5.32 Å². The zero-order valence-corrected chi connectivity index (χ0v) is 13.9. The van der Waals surface area contributed by atoms with Gasteiger partial charge in [-0.1, -0.05) is 29.8 Å². The topological polar surface area (TPSA) is 83.7 Å². The highest BCUT2D eigenvalue weighted by Crippen LogP contribution is 2.16. The SMILES string of the molecule is Cc1ccc(C(=O)CCC(=O)NCc2cn3cccc(O)c3n2)cc1. The third-order valence-corrected chi connectivity index (χ3v) is 3.93. The number of amides is 1. The highest BCUT2D eigenvalue weighted by Gasteiger charge is 2.10. The van der Waals surface area contributed by atoms with Gasteiger partial charge in [0, 0.05) is 30.8 Å². The molecule has 6 heteroatoms. The Balaban J connectivity index is 1.51. The van der Waals surface area contributed by atoms with Gasteiger partial charge >= 0.3 is 0 Å². The number of hydrogen-bond donors (Lipinski definition) is 2. The number of fused-ring (bicyclic) bond motifs is 1. The largest absolute Gasteiger partial charge is 0.504 e. The Morgan fingerprint density at radius 3 is 2.64 bits per heavy atom. The Bertz CT molecular complexity index is 913. The van der Waals surface area contributed by atoms with Crippen LogP contribution in [0, 0.1) is 6.92 Å². The second-order valence-electron chi connectivity index (χ2n) is 5.92. The predicted molar refractivity (Wildman–Crippen MR) is 93.4 cm³/mol. The molecule has 0 atom stereocenters. The van der Waals surface area contributed by atoms with E-state index in [0.29, 0.717) is 16.9 Å². The molecule has 6 nitrogen and oxygen atoms in total. The summed E-state index contributed by atoms with van der Waals surface area (Å²) < 4.78 is 1.69. The molecule has 3 rings (SSSR count). The summed E-state index contributed by atoms with van der Waals surface area (Å²) in [6, 6.07) is 10.6. The molecule has 0 spiro atoms. The van der Waals surface area contributed by atoms with Crippen molar-refractivity contribution < 1.29 is 14.7 Å². The Hall–Kier alpha value is -3.15. The van der Waals surface area contributed by atoms with Crippen LogP contribution in [0.15, 0.2) is 48.8 Å². The summed E-state index contributed by atoms with van der Waals surface area (Å²) in [6.07, 6.45) is 3.81. The van der Waals surface area contributed by atoms with Crippen molar-refractivity contribution in [2.75, 3.05) is 0 Å². The standard InChI is InChI=1S/C19H19N3O3/c1-13-4-6-14(7-5-13)16(23)8-9-18(25)20-11-15-12-22-10-2-3-17(24)19(22)21-15/h2-7,10,12,24H,8-9,11H2,1H3,(H,20,25). The van der Waals surface area contributed by atoms with Crippen LogP contribution in [-0.4, -0.2) is 26.2 Å². The van der Waals surface area contributed by atoms with Gasteiger partial charge in [-0.25, -0.2) is 4.98 Å².